The second-order valence-electron chi connectivity index (χ2n) is 6.63. The molecule has 23 heavy (non-hydrogen) atoms. The average Bonchev–Trinajstić information content (AvgIpc) is 2.51. The fraction of sp³-hybridized carbons (Fsp3) is 0.389. The first-order valence-electron chi connectivity index (χ1n) is 7.96. The predicted molar refractivity (Wildman–Crippen MR) is 83.2 cm³/mol. The minimum atomic E-state index is -0.546. The van der Waals surface area contributed by atoms with Gasteiger partial charge in [-0.15, -0.1) is 0 Å². The van der Waals surface area contributed by atoms with Gasteiger partial charge in [-0.2, -0.15) is 0 Å². The van der Waals surface area contributed by atoms with Gasteiger partial charge in [0.25, 0.3) is 5.56 Å². The molecule has 2 aliphatic rings. The maximum atomic E-state index is 13.9. The van der Waals surface area contributed by atoms with Crippen molar-refractivity contribution in [2.75, 3.05) is 13.1 Å². The van der Waals surface area contributed by atoms with Gasteiger partial charge in [-0.3, -0.25) is 9.69 Å². The van der Waals surface area contributed by atoms with E-state index in [1.165, 1.54) is 12.1 Å². The van der Waals surface area contributed by atoms with Crippen molar-refractivity contribution in [2.45, 2.75) is 25.4 Å². The van der Waals surface area contributed by atoms with Gasteiger partial charge >= 0.3 is 0 Å². The molecule has 0 unspecified atom stereocenters. The van der Waals surface area contributed by atoms with Crippen LogP contribution >= 0.6 is 0 Å². The summed E-state index contributed by atoms with van der Waals surface area (Å²) in [5, 5.41) is 0. The SMILES string of the molecule is O=c1cccc2n1C[C@@H]1C[C@@H]2CN(Cc2ccc(F)cc2F)C1. The van der Waals surface area contributed by atoms with E-state index < -0.39 is 11.6 Å². The standard InChI is InChI=1S/C18H18F2N2O/c19-15-5-4-13(16(20)7-15)10-21-8-12-6-14(11-21)17-2-1-3-18(23)22(17)9-12/h1-5,7,12,14H,6,8-11H2/t12-,14-/m1/s1. The highest BCUT2D eigenvalue weighted by Crippen LogP contribution is 2.35. The Balaban J connectivity index is 1.57. The Morgan fingerprint density at radius 2 is 1.96 bits per heavy atom. The summed E-state index contributed by atoms with van der Waals surface area (Å²) in [6.07, 6.45) is 1.08. The molecule has 2 aromatic rings. The smallest absolute Gasteiger partial charge is 0.250 e. The molecule has 0 radical (unpaired) electrons. The van der Waals surface area contributed by atoms with Gasteiger partial charge < -0.3 is 4.57 Å². The van der Waals surface area contributed by atoms with Crippen LogP contribution in [0.2, 0.25) is 0 Å². The molecule has 0 spiro atoms. The molecule has 3 heterocycles. The topological polar surface area (TPSA) is 25.2 Å². The molecular weight excluding hydrogens is 298 g/mol. The van der Waals surface area contributed by atoms with Gasteiger partial charge in [0.15, 0.2) is 0 Å². The summed E-state index contributed by atoms with van der Waals surface area (Å²) in [7, 11) is 0. The zero-order valence-electron chi connectivity index (χ0n) is 12.7. The summed E-state index contributed by atoms with van der Waals surface area (Å²) >= 11 is 0. The fourth-order valence-corrected chi connectivity index (χ4v) is 4.02. The van der Waals surface area contributed by atoms with Crippen LogP contribution < -0.4 is 5.56 Å². The Morgan fingerprint density at radius 1 is 1.09 bits per heavy atom. The minimum absolute atomic E-state index is 0.0650. The predicted octanol–water partition coefficient (Wildman–Crippen LogP) is 2.75. The van der Waals surface area contributed by atoms with Crippen LogP contribution in [-0.2, 0) is 13.1 Å². The molecule has 1 fully saturated rings. The van der Waals surface area contributed by atoms with E-state index in [2.05, 4.69) is 4.90 Å². The van der Waals surface area contributed by atoms with Gasteiger partial charge in [-0.25, -0.2) is 8.78 Å². The third-order valence-electron chi connectivity index (χ3n) is 4.96. The molecule has 120 valence electrons. The number of fused-ring (bicyclic) bond motifs is 4. The van der Waals surface area contributed by atoms with E-state index in [9.17, 15) is 13.6 Å². The molecule has 0 saturated carbocycles. The first-order valence-corrected chi connectivity index (χ1v) is 7.96. The van der Waals surface area contributed by atoms with Crippen LogP contribution in [0.4, 0.5) is 8.78 Å². The number of halogens is 2. The van der Waals surface area contributed by atoms with Crippen LogP contribution in [-0.4, -0.2) is 22.6 Å². The molecule has 4 rings (SSSR count). The zero-order chi connectivity index (χ0) is 16.0. The van der Waals surface area contributed by atoms with E-state index in [0.29, 0.717) is 23.9 Å². The summed E-state index contributed by atoms with van der Waals surface area (Å²) in [6.45, 7) is 2.86. The van der Waals surface area contributed by atoms with Gasteiger partial charge in [0.2, 0.25) is 0 Å². The molecule has 1 saturated heterocycles. The summed E-state index contributed by atoms with van der Waals surface area (Å²) in [6, 6.07) is 9.20. The van der Waals surface area contributed by atoms with Crippen LogP contribution in [0.5, 0.6) is 0 Å². The molecule has 0 N–H and O–H groups in total. The molecule has 2 aliphatic heterocycles. The highest BCUT2D eigenvalue weighted by Gasteiger charge is 2.34. The molecule has 5 heteroatoms. The molecule has 0 aliphatic carbocycles. The molecule has 3 nitrogen and oxygen atoms in total. The van der Waals surface area contributed by atoms with Crippen molar-refractivity contribution in [2.24, 2.45) is 5.92 Å². The van der Waals surface area contributed by atoms with E-state index >= 15 is 0 Å². The lowest BCUT2D eigenvalue weighted by Gasteiger charge is -2.42. The van der Waals surface area contributed by atoms with Crippen molar-refractivity contribution in [3.8, 4) is 0 Å². The number of rotatable bonds is 2. The molecule has 1 aromatic carbocycles. The Hall–Kier alpha value is -2.01. The second-order valence-corrected chi connectivity index (χ2v) is 6.63. The number of benzene rings is 1. The van der Waals surface area contributed by atoms with Gasteiger partial charge in [0.1, 0.15) is 11.6 Å². The number of hydrogen-bond acceptors (Lipinski definition) is 2. The van der Waals surface area contributed by atoms with E-state index in [1.807, 2.05) is 16.7 Å². The first-order chi connectivity index (χ1) is 11.1. The third kappa shape index (κ3) is 2.70. The summed E-state index contributed by atoms with van der Waals surface area (Å²) in [5.41, 5.74) is 1.67. The Labute approximate surface area is 133 Å². The Morgan fingerprint density at radius 3 is 2.78 bits per heavy atom. The maximum absolute atomic E-state index is 13.9. The highest BCUT2D eigenvalue weighted by atomic mass is 19.1. The number of pyridine rings is 1. The first kappa shape index (κ1) is 14.6. The van der Waals surface area contributed by atoms with Gasteiger partial charge in [0.05, 0.1) is 0 Å². The van der Waals surface area contributed by atoms with E-state index in [0.717, 1.165) is 37.8 Å². The molecule has 2 atom stereocenters. The van der Waals surface area contributed by atoms with E-state index in [4.69, 9.17) is 0 Å². The number of nitrogens with zero attached hydrogens (tertiary/aromatic N) is 2. The van der Waals surface area contributed by atoms with Gasteiger partial charge in [-0.05, 0) is 24.5 Å². The Kier molecular flexibility index (Phi) is 3.53. The highest BCUT2D eigenvalue weighted by molar-refractivity contribution is 5.20. The van der Waals surface area contributed by atoms with Crippen LogP contribution in [0.3, 0.4) is 0 Å². The van der Waals surface area contributed by atoms with Crippen LogP contribution in [0.15, 0.2) is 41.2 Å². The summed E-state index contributed by atoms with van der Waals surface area (Å²) in [4.78, 5) is 14.2. The van der Waals surface area contributed by atoms with Crippen molar-refractivity contribution < 1.29 is 8.78 Å². The molecular formula is C18H18F2N2O. The summed E-state index contributed by atoms with van der Waals surface area (Å²) < 4.78 is 28.8. The van der Waals surface area contributed by atoms with Gasteiger partial charge in [0, 0.05) is 55.5 Å². The van der Waals surface area contributed by atoms with E-state index in [-0.39, 0.29) is 5.56 Å². The zero-order valence-corrected chi connectivity index (χ0v) is 12.7. The monoisotopic (exact) mass is 316 g/mol. The van der Waals surface area contributed by atoms with E-state index in [1.54, 1.807) is 6.07 Å². The van der Waals surface area contributed by atoms with Crippen molar-refractivity contribution in [1.29, 1.82) is 0 Å². The number of piperidine rings is 1. The number of likely N-dealkylation sites (tertiary alicyclic amines) is 1. The largest absolute Gasteiger partial charge is 0.312 e. The van der Waals surface area contributed by atoms with Crippen molar-refractivity contribution in [1.82, 2.24) is 9.47 Å². The normalized spacial score (nSPS) is 23.6. The van der Waals surface area contributed by atoms with Crippen LogP contribution in [0.25, 0.3) is 0 Å². The lowest BCUT2D eigenvalue weighted by molar-refractivity contribution is 0.113. The van der Waals surface area contributed by atoms with Crippen molar-refractivity contribution >= 4 is 0 Å². The van der Waals surface area contributed by atoms with Gasteiger partial charge in [-0.1, -0.05) is 12.1 Å². The van der Waals surface area contributed by atoms with Crippen molar-refractivity contribution in [3.63, 3.8) is 0 Å². The second kappa shape index (κ2) is 5.57. The van der Waals surface area contributed by atoms with Crippen LogP contribution in [0.1, 0.15) is 23.6 Å². The quantitative estimate of drug-likeness (QED) is 0.851. The van der Waals surface area contributed by atoms with Crippen LogP contribution in [0, 0.1) is 17.6 Å². The number of hydrogen-bond donors (Lipinski definition) is 0. The lowest BCUT2D eigenvalue weighted by atomic mass is 9.83. The molecule has 2 bridgehead atoms. The minimum Gasteiger partial charge on any atom is -0.312 e. The maximum Gasteiger partial charge on any atom is 0.250 e. The fourth-order valence-electron chi connectivity index (χ4n) is 4.02. The van der Waals surface area contributed by atoms with Crippen molar-refractivity contribution in [3.05, 3.63) is 69.6 Å². The summed E-state index contributed by atoms with van der Waals surface area (Å²) in [5.74, 6) is -0.322. The lowest BCUT2D eigenvalue weighted by Crippen LogP contribution is -2.46. The Bertz CT molecular complexity index is 802. The molecule has 0 amide bonds. The number of aromatic nitrogens is 1. The average molecular weight is 316 g/mol. The molecule has 1 aromatic heterocycles. The third-order valence-corrected chi connectivity index (χ3v) is 4.96.